The Hall–Kier alpha value is -3.49. The number of aliphatic hydroxyl groups excluding tert-OH is 1. The standard InChI is InChI=1S/C27H34N7O3/c1-5-23(35)34(3)14-18(13-19(34)15-37-4)33-27(29-2)24(25(28)36)21(32-33)11-7-16-6-10-20-22(12-16)31-26(30-20)17-8-9-17/h5-6,10,12,17-19,25,29,36H,1,8-9,13-15,28H2,2-4H3,(H,30,31)/q+1/t18-,19+,25?,34?/m0/s1. The van der Waals surface area contributed by atoms with Crippen LogP contribution < -0.4 is 11.1 Å². The Morgan fingerprint density at radius 3 is 2.89 bits per heavy atom. The summed E-state index contributed by atoms with van der Waals surface area (Å²) in [5, 5.41) is 18.4. The molecule has 1 aromatic carbocycles. The Morgan fingerprint density at radius 1 is 1.46 bits per heavy atom. The number of nitrogens with two attached hydrogens (primary N) is 1. The van der Waals surface area contributed by atoms with Gasteiger partial charge in [0.1, 0.15) is 42.2 Å². The quantitative estimate of drug-likeness (QED) is 0.168. The number of rotatable bonds is 7. The van der Waals surface area contributed by atoms with Gasteiger partial charge in [0.2, 0.25) is 0 Å². The third-order valence-electron chi connectivity index (χ3n) is 7.59. The molecule has 0 bridgehead atoms. The van der Waals surface area contributed by atoms with Crippen molar-refractivity contribution in [3.05, 3.63) is 53.5 Å². The van der Waals surface area contributed by atoms with Crippen LogP contribution in [-0.4, -0.2) is 75.6 Å². The predicted molar refractivity (Wildman–Crippen MR) is 141 cm³/mol. The smallest absolute Gasteiger partial charge is 0.338 e. The van der Waals surface area contributed by atoms with Crippen LogP contribution in [0.3, 0.4) is 0 Å². The van der Waals surface area contributed by atoms with Crippen molar-refractivity contribution in [1.82, 2.24) is 19.7 Å². The molecule has 5 rings (SSSR count). The number of hydrogen-bond donors (Lipinski definition) is 4. The van der Waals surface area contributed by atoms with Gasteiger partial charge in [0.25, 0.3) is 0 Å². The zero-order valence-corrected chi connectivity index (χ0v) is 21.5. The van der Waals surface area contributed by atoms with E-state index >= 15 is 0 Å². The molecule has 37 heavy (non-hydrogen) atoms. The Balaban J connectivity index is 1.50. The summed E-state index contributed by atoms with van der Waals surface area (Å²) in [6, 6.07) is 5.68. The Bertz CT molecular complexity index is 1410. The van der Waals surface area contributed by atoms with E-state index in [2.05, 4.69) is 33.7 Å². The number of ether oxygens (including phenoxy) is 1. The summed E-state index contributed by atoms with van der Waals surface area (Å²) >= 11 is 0. The van der Waals surface area contributed by atoms with Crippen molar-refractivity contribution in [3.63, 3.8) is 0 Å². The number of nitrogens with one attached hydrogen (secondary N) is 2. The Labute approximate surface area is 216 Å². The van der Waals surface area contributed by atoms with Crippen molar-refractivity contribution < 1.29 is 19.1 Å². The third-order valence-corrected chi connectivity index (χ3v) is 7.59. The number of H-pyrrole nitrogens is 1. The topological polar surface area (TPSA) is 131 Å². The van der Waals surface area contributed by atoms with Crippen molar-refractivity contribution >= 4 is 22.8 Å². The van der Waals surface area contributed by atoms with E-state index in [9.17, 15) is 9.90 Å². The van der Waals surface area contributed by atoms with E-state index in [1.165, 1.54) is 18.9 Å². The lowest BCUT2D eigenvalue weighted by Crippen LogP contribution is -2.53. The summed E-state index contributed by atoms with van der Waals surface area (Å²) in [4.78, 5) is 20.9. The number of benzene rings is 1. The van der Waals surface area contributed by atoms with Crippen LogP contribution in [-0.2, 0) is 9.53 Å². The molecule has 3 aromatic rings. The summed E-state index contributed by atoms with van der Waals surface area (Å²) < 4.78 is 7.39. The number of nitrogens with zero attached hydrogens (tertiary/aromatic N) is 4. The summed E-state index contributed by atoms with van der Waals surface area (Å²) in [5.41, 5.74) is 9.47. The number of anilines is 1. The number of aromatic amines is 1. The van der Waals surface area contributed by atoms with Gasteiger partial charge < -0.3 is 25.9 Å². The molecule has 194 valence electrons. The highest BCUT2D eigenvalue weighted by Crippen LogP contribution is 2.39. The van der Waals surface area contributed by atoms with Crippen molar-refractivity contribution in [2.75, 3.05) is 39.7 Å². The van der Waals surface area contributed by atoms with E-state index in [1.54, 1.807) is 18.8 Å². The third kappa shape index (κ3) is 4.55. The first-order valence-electron chi connectivity index (χ1n) is 12.6. The zero-order chi connectivity index (χ0) is 26.3. The van der Waals surface area contributed by atoms with E-state index in [1.807, 2.05) is 25.2 Å². The molecule has 2 fully saturated rings. The first-order valence-corrected chi connectivity index (χ1v) is 12.6. The fraction of sp³-hybridized carbons (Fsp3) is 0.444. The number of hydrogen-bond acceptors (Lipinski definition) is 7. The maximum Gasteiger partial charge on any atom is 0.338 e. The summed E-state index contributed by atoms with van der Waals surface area (Å²) in [6.45, 7) is 4.62. The number of methoxy groups -OCH3 is 1. The van der Waals surface area contributed by atoms with Crippen LogP contribution in [0.2, 0.25) is 0 Å². The van der Waals surface area contributed by atoms with Gasteiger partial charge in [0.05, 0.1) is 30.3 Å². The first-order chi connectivity index (χ1) is 17.8. The molecule has 2 aromatic heterocycles. The number of quaternary nitrogens is 1. The molecule has 0 radical (unpaired) electrons. The molecular formula is C27H34N7O3+. The minimum Gasteiger partial charge on any atom is -0.378 e. The number of carbonyl (C=O) groups is 1. The second-order valence-electron chi connectivity index (χ2n) is 10.1. The van der Waals surface area contributed by atoms with E-state index in [0.717, 1.165) is 22.4 Å². The molecule has 1 aliphatic heterocycles. The van der Waals surface area contributed by atoms with Crippen molar-refractivity contribution in [2.24, 2.45) is 5.73 Å². The van der Waals surface area contributed by atoms with E-state index in [4.69, 9.17) is 15.6 Å². The molecule has 4 atom stereocenters. The van der Waals surface area contributed by atoms with Crippen LogP contribution >= 0.6 is 0 Å². The summed E-state index contributed by atoms with van der Waals surface area (Å²) in [6.07, 6.45) is 3.11. The molecule has 1 aliphatic carbocycles. The normalized spacial score (nSPS) is 24.0. The molecule has 0 spiro atoms. The lowest BCUT2D eigenvalue weighted by molar-refractivity contribution is -0.846. The molecule has 10 heteroatoms. The molecule has 1 amide bonds. The Morgan fingerprint density at radius 2 is 2.24 bits per heavy atom. The van der Waals surface area contributed by atoms with Crippen LogP contribution in [0.25, 0.3) is 11.0 Å². The number of amides is 1. The predicted octanol–water partition coefficient (Wildman–Crippen LogP) is 2.15. The fourth-order valence-electron chi connectivity index (χ4n) is 5.41. The highest BCUT2D eigenvalue weighted by atomic mass is 16.5. The largest absolute Gasteiger partial charge is 0.378 e. The fourth-order valence-corrected chi connectivity index (χ4v) is 5.41. The Kier molecular flexibility index (Phi) is 6.64. The number of likely N-dealkylation sites (N-methyl/N-ethyl adjacent to an activating group) is 1. The van der Waals surface area contributed by atoms with E-state index < -0.39 is 6.23 Å². The average molecular weight is 505 g/mol. The highest BCUT2D eigenvalue weighted by Gasteiger charge is 2.49. The number of aliphatic hydroxyl groups is 1. The molecule has 1 saturated heterocycles. The lowest BCUT2D eigenvalue weighted by atomic mass is 10.1. The number of fused-ring (bicyclic) bond motifs is 1. The second-order valence-corrected chi connectivity index (χ2v) is 10.1. The van der Waals surface area contributed by atoms with Gasteiger partial charge >= 0.3 is 5.91 Å². The van der Waals surface area contributed by atoms with Crippen molar-refractivity contribution in [1.29, 1.82) is 0 Å². The summed E-state index contributed by atoms with van der Waals surface area (Å²) in [7, 11) is 5.29. The number of carbonyl (C=O) groups excluding carboxylic acids is 1. The van der Waals surface area contributed by atoms with Crippen LogP contribution in [0.5, 0.6) is 0 Å². The van der Waals surface area contributed by atoms with E-state index in [-0.39, 0.29) is 22.5 Å². The summed E-state index contributed by atoms with van der Waals surface area (Å²) in [5.74, 6) is 8.38. The highest BCUT2D eigenvalue weighted by molar-refractivity contribution is 5.81. The maximum absolute atomic E-state index is 12.8. The average Bonchev–Trinajstić information content (AvgIpc) is 3.40. The minimum atomic E-state index is -1.27. The van der Waals surface area contributed by atoms with Gasteiger partial charge in [-0.05, 0) is 37.0 Å². The van der Waals surface area contributed by atoms with Crippen molar-refractivity contribution in [3.8, 4) is 11.8 Å². The van der Waals surface area contributed by atoms with Crippen LogP contribution in [0.1, 0.15) is 60.1 Å². The van der Waals surface area contributed by atoms with Gasteiger partial charge in [-0.2, -0.15) is 5.10 Å². The molecule has 1 saturated carbocycles. The number of aromatic nitrogens is 4. The first kappa shape index (κ1) is 25.2. The van der Waals surface area contributed by atoms with Crippen LogP contribution in [0, 0.1) is 11.8 Å². The molecule has 2 aliphatic rings. The van der Waals surface area contributed by atoms with Crippen LogP contribution in [0.15, 0.2) is 30.9 Å². The van der Waals surface area contributed by atoms with Gasteiger partial charge in [-0.25, -0.2) is 14.5 Å². The maximum atomic E-state index is 12.8. The van der Waals surface area contributed by atoms with E-state index in [0.29, 0.717) is 42.6 Å². The molecule has 3 heterocycles. The minimum absolute atomic E-state index is 0.0585. The monoisotopic (exact) mass is 504 g/mol. The second kappa shape index (κ2) is 9.76. The molecular weight excluding hydrogens is 470 g/mol. The lowest BCUT2D eigenvalue weighted by Gasteiger charge is -2.31. The molecule has 5 N–H and O–H groups in total. The van der Waals surface area contributed by atoms with Gasteiger partial charge in [-0.15, -0.1) is 0 Å². The number of likely N-dealkylation sites (tertiary alicyclic amines) is 1. The SMILES string of the molecule is C=CC(=O)[N+]1(C)C[C@@H](n2nc(C#Cc3ccc4nc(C5CC5)[nH]c4c3)c(C(N)O)c2NC)C[C@@H]1COC. The van der Waals surface area contributed by atoms with Gasteiger partial charge in [0.15, 0.2) is 0 Å². The zero-order valence-electron chi connectivity index (χ0n) is 21.5. The van der Waals surface area contributed by atoms with Crippen molar-refractivity contribution in [2.45, 2.75) is 43.5 Å². The number of imidazole rings is 1. The van der Waals surface area contributed by atoms with Gasteiger partial charge in [0, 0.05) is 38.1 Å². The molecule has 2 unspecified atom stereocenters. The van der Waals surface area contributed by atoms with Crippen LogP contribution in [0.4, 0.5) is 5.82 Å². The van der Waals surface area contributed by atoms with Gasteiger partial charge in [-0.3, -0.25) is 4.48 Å². The van der Waals surface area contributed by atoms with Gasteiger partial charge in [-0.1, -0.05) is 12.5 Å². The molecule has 10 nitrogen and oxygen atoms in total.